The third kappa shape index (κ3) is 3.49. The number of anilines is 1. The molecule has 2 N–H and O–H groups in total. The second-order valence-electron chi connectivity index (χ2n) is 7.54. The Hall–Kier alpha value is -4.07. The first-order valence-electron chi connectivity index (χ1n) is 10.2. The molecule has 0 aliphatic carbocycles. The van der Waals surface area contributed by atoms with Gasteiger partial charge in [0, 0.05) is 29.1 Å². The van der Waals surface area contributed by atoms with Crippen LogP contribution in [0.15, 0.2) is 73.2 Å². The van der Waals surface area contributed by atoms with E-state index in [-0.39, 0.29) is 23.6 Å². The number of hydrogen-bond acceptors (Lipinski definition) is 4. The van der Waals surface area contributed by atoms with E-state index in [4.69, 9.17) is 5.73 Å². The number of fused-ring (bicyclic) bond motifs is 1. The Morgan fingerprint density at radius 1 is 1.00 bits per heavy atom. The van der Waals surface area contributed by atoms with Crippen molar-refractivity contribution in [1.29, 1.82) is 0 Å². The number of benzene rings is 2. The first-order chi connectivity index (χ1) is 15.5. The number of halogens is 2. The summed E-state index contributed by atoms with van der Waals surface area (Å²) in [7, 11) is 0. The summed E-state index contributed by atoms with van der Waals surface area (Å²) in [5, 5.41) is 8.52. The van der Waals surface area contributed by atoms with Crippen molar-refractivity contribution in [2.45, 2.75) is 19.4 Å². The average molecular weight is 430 g/mol. The highest BCUT2D eigenvalue weighted by molar-refractivity contribution is 5.75. The highest BCUT2D eigenvalue weighted by atomic mass is 19.1. The molecule has 32 heavy (non-hydrogen) atoms. The molecule has 1 atom stereocenters. The Morgan fingerprint density at radius 2 is 1.75 bits per heavy atom. The maximum atomic E-state index is 15.6. The van der Waals surface area contributed by atoms with Gasteiger partial charge in [-0.3, -0.25) is 4.68 Å². The van der Waals surface area contributed by atoms with Crippen molar-refractivity contribution in [2.75, 3.05) is 5.73 Å². The number of aromatic nitrogens is 5. The Bertz CT molecular complexity index is 1400. The van der Waals surface area contributed by atoms with Crippen molar-refractivity contribution in [3.8, 4) is 22.3 Å². The average Bonchev–Trinajstić information content (AvgIpc) is 3.41. The second kappa shape index (κ2) is 7.88. The van der Waals surface area contributed by atoms with E-state index < -0.39 is 0 Å². The maximum absolute atomic E-state index is 15.6. The van der Waals surface area contributed by atoms with E-state index in [0.717, 1.165) is 12.0 Å². The summed E-state index contributed by atoms with van der Waals surface area (Å²) < 4.78 is 32.2. The van der Waals surface area contributed by atoms with Crippen LogP contribution in [0.4, 0.5) is 14.7 Å². The first-order valence-corrected chi connectivity index (χ1v) is 10.2. The Balaban J connectivity index is 1.52. The van der Waals surface area contributed by atoms with E-state index >= 15 is 4.39 Å². The summed E-state index contributed by atoms with van der Waals surface area (Å²) >= 11 is 0. The van der Waals surface area contributed by atoms with Crippen LogP contribution in [0.3, 0.4) is 0 Å². The van der Waals surface area contributed by atoms with Crippen molar-refractivity contribution < 1.29 is 8.78 Å². The first kappa shape index (κ1) is 19.9. The highest BCUT2D eigenvalue weighted by Crippen LogP contribution is 2.32. The van der Waals surface area contributed by atoms with E-state index in [0.29, 0.717) is 27.9 Å². The summed E-state index contributed by atoms with van der Waals surface area (Å²) in [4.78, 5) is 4.15. The maximum Gasteiger partial charge on any atom is 0.240 e. The zero-order valence-corrected chi connectivity index (χ0v) is 17.3. The largest absolute Gasteiger partial charge is 0.366 e. The fraction of sp³-hybridized carbons (Fsp3) is 0.125. The van der Waals surface area contributed by atoms with Gasteiger partial charge in [-0.15, -0.1) is 5.10 Å². The van der Waals surface area contributed by atoms with Crippen molar-refractivity contribution in [1.82, 2.24) is 24.4 Å². The van der Waals surface area contributed by atoms with Crippen LogP contribution in [0, 0.1) is 11.6 Å². The molecule has 0 saturated heterocycles. The van der Waals surface area contributed by atoms with Crippen molar-refractivity contribution in [3.63, 3.8) is 0 Å². The molecular formula is C24H20F2N6. The van der Waals surface area contributed by atoms with E-state index in [1.54, 1.807) is 58.0 Å². The molecule has 0 aliphatic heterocycles. The van der Waals surface area contributed by atoms with Gasteiger partial charge in [0.05, 0.1) is 12.2 Å². The van der Waals surface area contributed by atoms with Gasteiger partial charge in [0.2, 0.25) is 5.95 Å². The molecule has 0 radical (unpaired) electrons. The number of hydrogen-bond donors (Lipinski definition) is 1. The molecule has 0 spiro atoms. The van der Waals surface area contributed by atoms with Gasteiger partial charge < -0.3 is 5.73 Å². The topological polar surface area (TPSA) is 74.0 Å². The lowest BCUT2D eigenvalue weighted by molar-refractivity contribution is 0.508. The van der Waals surface area contributed by atoms with Crippen LogP contribution in [-0.4, -0.2) is 24.4 Å². The number of rotatable bonds is 5. The van der Waals surface area contributed by atoms with Gasteiger partial charge in [-0.1, -0.05) is 37.3 Å². The SMILES string of the molecule is CC[C@H](c1ccc(F)cc1)n1cc(-c2cccc(-c3ccn4nc(N)nc4c3)c2F)cn1. The lowest BCUT2D eigenvalue weighted by atomic mass is 10.00. The molecule has 0 unspecified atom stereocenters. The van der Waals surface area contributed by atoms with E-state index in [9.17, 15) is 4.39 Å². The Kier molecular flexibility index (Phi) is 4.89. The number of nitrogen functional groups attached to an aromatic ring is 1. The normalized spacial score (nSPS) is 12.3. The van der Waals surface area contributed by atoms with Crippen molar-refractivity contribution in [2.24, 2.45) is 0 Å². The molecule has 6 nitrogen and oxygen atoms in total. The fourth-order valence-corrected chi connectivity index (χ4v) is 3.95. The molecule has 0 amide bonds. The van der Waals surface area contributed by atoms with Gasteiger partial charge in [0.25, 0.3) is 0 Å². The van der Waals surface area contributed by atoms with Gasteiger partial charge in [0.1, 0.15) is 11.6 Å². The van der Waals surface area contributed by atoms with Crippen molar-refractivity contribution >= 4 is 11.6 Å². The zero-order valence-electron chi connectivity index (χ0n) is 17.3. The minimum Gasteiger partial charge on any atom is -0.366 e. The number of nitrogens with zero attached hydrogens (tertiary/aromatic N) is 5. The second-order valence-corrected chi connectivity index (χ2v) is 7.54. The van der Waals surface area contributed by atoms with Crippen LogP contribution in [0.5, 0.6) is 0 Å². The monoisotopic (exact) mass is 430 g/mol. The molecular weight excluding hydrogens is 410 g/mol. The van der Waals surface area contributed by atoms with E-state index in [1.165, 1.54) is 12.1 Å². The molecule has 3 heterocycles. The van der Waals surface area contributed by atoms with Gasteiger partial charge in [-0.2, -0.15) is 10.1 Å². The lowest BCUT2D eigenvalue weighted by Crippen LogP contribution is -2.10. The van der Waals surface area contributed by atoms with Crippen LogP contribution < -0.4 is 5.73 Å². The Morgan fingerprint density at radius 3 is 2.50 bits per heavy atom. The molecule has 2 aromatic carbocycles. The van der Waals surface area contributed by atoms with Crippen LogP contribution in [-0.2, 0) is 0 Å². The van der Waals surface area contributed by atoms with Crippen molar-refractivity contribution in [3.05, 3.63) is 90.4 Å². The number of pyridine rings is 1. The van der Waals surface area contributed by atoms with Gasteiger partial charge >= 0.3 is 0 Å². The summed E-state index contributed by atoms with van der Waals surface area (Å²) in [5.74, 6) is -0.468. The summed E-state index contributed by atoms with van der Waals surface area (Å²) in [6, 6.07) is 15.1. The smallest absolute Gasteiger partial charge is 0.240 e. The molecule has 5 aromatic rings. The summed E-state index contributed by atoms with van der Waals surface area (Å²) in [6.45, 7) is 2.03. The lowest BCUT2D eigenvalue weighted by Gasteiger charge is -2.16. The molecule has 0 fully saturated rings. The molecule has 0 saturated carbocycles. The van der Waals surface area contributed by atoms with Crippen LogP contribution in [0.25, 0.3) is 27.9 Å². The summed E-state index contributed by atoms with van der Waals surface area (Å²) in [5.41, 5.74) is 9.38. The third-order valence-electron chi connectivity index (χ3n) is 5.54. The van der Waals surface area contributed by atoms with E-state index in [1.807, 2.05) is 19.2 Å². The Labute approximate surface area is 183 Å². The summed E-state index contributed by atoms with van der Waals surface area (Å²) in [6.07, 6.45) is 5.93. The molecule has 0 aliphatic rings. The van der Waals surface area contributed by atoms with Crippen LogP contribution in [0.1, 0.15) is 24.9 Å². The fourth-order valence-electron chi connectivity index (χ4n) is 3.95. The minimum atomic E-state index is -0.348. The quantitative estimate of drug-likeness (QED) is 0.420. The highest BCUT2D eigenvalue weighted by Gasteiger charge is 2.17. The molecule has 5 rings (SSSR count). The predicted octanol–water partition coefficient (Wildman–Crippen LogP) is 5.12. The number of nitrogens with two attached hydrogens (primary N) is 1. The van der Waals surface area contributed by atoms with Gasteiger partial charge in [-0.25, -0.2) is 13.3 Å². The van der Waals surface area contributed by atoms with Crippen LogP contribution in [0.2, 0.25) is 0 Å². The van der Waals surface area contributed by atoms with Gasteiger partial charge in [0.15, 0.2) is 5.65 Å². The third-order valence-corrected chi connectivity index (χ3v) is 5.54. The van der Waals surface area contributed by atoms with Gasteiger partial charge in [-0.05, 0) is 41.8 Å². The minimum absolute atomic E-state index is 0.0728. The molecule has 160 valence electrons. The molecule has 3 aromatic heterocycles. The predicted molar refractivity (Wildman–Crippen MR) is 119 cm³/mol. The standard InChI is InChI=1S/C24H20F2N6/c1-2-21(15-6-8-18(25)9-7-15)32-14-17(13-28-32)20-5-3-4-19(23(20)26)16-10-11-31-22(12-16)29-24(27)30-31/h3-14,21H,2H2,1H3,(H2,27,30)/t21-/m1/s1. The van der Waals surface area contributed by atoms with E-state index in [2.05, 4.69) is 15.2 Å². The zero-order chi connectivity index (χ0) is 22.2. The molecule has 0 bridgehead atoms. The molecule has 8 heteroatoms. The van der Waals surface area contributed by atoms with Crippen LogP contribution >= 0.6 is 0 Å².